The molecule has 9 heteroatoms. The number of furan rings is 1. The first kappa shape index (κ1) is 22.1. The fourth-order valence-electron chi connectivity index (χ4n) is 3.41. The Labute approximate surface area is 188 Å². The third-order valence-electron chi connectivity index (χ3n) is 5.14. The molecule has 2 amide bonds. The van der Waals surface area contributed by atoms with E-state index < -0.39 is 24.0 Å². The molecule has 3 aromatic rings. The van der Waals surface area contributed by atoms with Crippen LogP contribution in [0.4, 0.5) is 15.8 Å². The van der Waals surface area contributed by atoms with Crippen LogP contribution in [0, 0.1) is 5.82 Å². The number of esters is 1. The topological polar surface area (TPSA) is 98.1 Å². The number of halogens is 1. The highest BCUT2D eigenvalue weighted by atomic mass is 19.1. The van der Waals surface area contributed by atoms with Crippen molar-refractivity contribution in [1.29, 1.82) is 0 Å². The van der Waals surface area contributed by atoms with Crippen LogP contribution in [0.1, 0.15) is 30.2 Å². The number of carbonyl (C=O) groups is 3. The quantitative estimate of drug-likeness (QED) is 0.570. The fourth-order valence-corrected chi connectivity index (χ4v) is 3.41. The lowest BCUT2D eigenvalue weighted by Gasteiger charge is -2.41. The Hall–Kier alpha value is -4.14. The van der Waals surface area contributed by atoms with Gasteiger partial charge in [-0.15, -0.1) is 0 Å². The summed E-state index contributed by atoms with van der Waals surface area (Å²) in [6.45, 7) is 2.66. The van der Waals surface area contributed by atoms with E-state index in [1.807, 2.05) is 0 Å². The molecule has 33 heavy (non-hydrogen) atoms. The average Bonchev–Trinajstić information content (AvgIpc) is 3.27. The summed E-state index contributed by atoms with van der Waals surface area (Å²) in [6.07, 6.45) is 0. The summed E-state index contributed by atoms with van der Waals surface area (Å²) in [5, 5.41) is 2.77. The number of nitrogens with zero attached hydrogens (tertiary/aromatic N) is 1. The van der Waals surface area contributed by atoms with Crippen molar-refractivity contribution in [2.45, 2.75) is 26.0 Å². The molecule has 2 aromatic carbocycles. The van der Waals surface area contributed by atoms with Gasteiger partial charge in [0.15, 0.2) is 6.61 Å². The van der Waals surface area contributed by atoms with Crippen LogP contribution in [0.15, 0.2) is 65.1 Å². The lowest BCUT2D eigenvalue weighted by Crippen LogP contribution is -2.59. The molecule has 0 saturated carbocycles. The predicted molar refractivity (Wildman–Crippen MR) is 116 cm³/mol. The van der Waals surface area contributed by atoms with Gasteiger partial charge in [0.2, 0.25) is 11.7 Å². The predicted octanol–water partition coefficient (Wildman–Crippen LogP) is 3.92. The van der Waals surface area contributed by atoms with Crippen molar-refractivity contribution in [1.82, 2.24) is 0 Å². The van der Waals surface area contributed by atoms with E-state index in [1.165, 1.54) is 41.3 Å². The Morgan fingerprint density at radius 3 is 2.55 bits per heavy atom. The van der Waals surface area contributed by atoms with Gasteiger partial charge in [0, 0.05) is 0 Å². The number of para-hydroxylation sites is 2. The second-order valence-corrected chi connectivity index (χ2v) is 7.84. The van der Waals surface area contributed by atoms with Gasteiger partial charge in [-0.1, -0.05) is 12.1 Å². The molecule has 0 fully saturated rings. The number of carbonyl (C=O) groups excluding carboxylic acids is 3. The SMILES string of the molecule is CC1(C)C(=O)Nc2ccccc2N1C(=O)COC(=O)c1ccc(COc2ccc(F)cc2)o1. The van der Waals surface area contributed by atoms with Crippen LogP contribution in [0.25, 0.3) is 0 Å². The van der Waals surface area contributed by atoms with Crippen molar-refractivity contribution in [2.75, 3.05) is 16.8 Å². The largest absolute Gasteiger partial charge is 0.486 e. The standard InChI is InChI=1S/C24H21FN2O6/c1-24(2)23(30)26-18-5-3-4-6-19(18)27(24)21(28)14-32-22(29)20-12-11-17(33-20)13-31-16-9-7-15(25)8-10-16/h3-12H,13-14H2,1-2H3,(H,26,30). The molecule has 1 aromatic heterocycles. The van der Waals surface area contributed by atoms with Crippen molar-refractivity contribution in [3.63, 3.8) is 0 Å². The highest BCUT2D eigenvalue weighted by Crippen LogP contribution is 2.36. The van der Waals surface area contributed by atoms with Crippen molar-refractivity contribution < 1.29 is 32.7 Å². The molecule has 0 bridgehead atoms. The number of nitrogens with one attached hydrogen (secondary N) is 1. The minimum Gasteiger partial charge on any atom is -0.486 e. The molecule has 0 unspecified atom stereocenters. The van der Waals surface area contributed by atoms with Crippen LogP contribution in [0.5, 0.6) is 5.75 Å². The molecule has 0 aliphatic carbocycles. The molecule has 1 aliphatic rings. The monoisotopic (exact) mass is 452 g/mol. The Bertz CT molecular complexity index is 1200. The number of anilines is 2. The van der Waals surface area contributed by atoms with Gasteiger partial charge in [-0.25, -0.2) is 9.18 Å². The lowest BCUT2D eigenvalue weighted by molar-refractivity contribution is -0.128. The minimum absolute atomic E-state index is 0.0195. The summed E-state index contributed by atoms with van der Waals surface area (Å²) >= 11 is 0. The summed E-state index contributed by atoms with van der Waals surface area (Å²) in [7, 11) is 0. The third kappa shape index (κ3) is 4.57. The van der Waals surface area contributed by atoms with Gasteiger partial charge in [0.1, 0.15) is 29.5 Å². The van der Waals surface area contributed by atoms with E-state index in [2.05, 4.69) is 5.32 Å². The van der Waals surface area contributed by atoms with E-state index in [-0.39, 0.29) is 24.1 Å². The number of hydrogen-bond donors (Lipinski definition) is 1. The summed E-state index contributed by atoms with van der Waals surface area (Å²) in [6, 6.07) is 15.3. The molecule has 2 heterocycles. The summed E-state index contributed by atoms with van der Waals surface area (Å²) in [4.78, 5) is 39.1. The van der Waals surface area contributed by atoms with Crippen LogP contribution in [-0.4, -0.2) is 29.9 Å². The van der Waals surface area contributed by atoms with Gasteiger partial charge in [-0.2, -0.15) is 0 Å². The van der Waals surface area contributed by atoms with Gasteiger partial charge >= 0.3 is 5.97 Å². The molecule has 1 N–H and O–H groups in total. The number of amides is 2. The maximum absolute atomic E-state index is 13.0. The molecule has 1 aliphatic heterocycles. The zero-order valence-electron chi connectivity index (χ0n) is 18.0. The molecule has 0 spiro atoms. The van der Waals surface area contributed by atoms with Crippen LogP contribution in [0.2, 0.25) is 0 Å². The van der Waals surface area contributed by atoms with Gasteiger partial charge in [-0.05, 0) is 62.4 Å². The first-order chi connectivity index (χ1) is 15.8. The number of ether oxygens (including phenoxy) is 2. The summed E-state index contributed by atoms with van der Waals surface area (Å²) in [5.41, 5.74) is -0.160. The van der Waals surface area contributed by atoms with E-state index in [1.54, 1.807) is 38.1 Å². The van der Waals surface area contributed by atoms with Crippen LogP contribution < -0.4 is 15.0 Å². The van der Waals surface area contributed by atoms with E-state index in [0.29, 0.717) is 22.9 Å². The first-order valence-electron chi connectivity index (χ1n) is 10.1. The van der Waals surface area contributed by atoms with Crippen LogP contribution in [-0.2, 0) is 20.9 Å². The maximum atomic E-state index is 13.0. The Morgan fingerprint density at radius 2 is 1.79 bits per heavy atom. The maximum Gasteiger partial charge on any atom is 0.374 e. The lowest BCUT2D eigenvalue weighted by atomic mass is 9.96. The number of hydrogen-bond acceptors (Lipinski definition) is 6. The van der Waals surface area contributed by atoms with E-state index in [4.69, 9.17) is 13.9 Å². The third-order valence-corrected chi connectivity index (χ3v) is 5.14. The van der Waals surface area contributed by atoms with Gasteiger partial charge in [0.25, 0.3) is 5.91 Å². The zero-order valence-corrected chi connectivity index (χ0v) is 18.0. The Kier molecular flexibility index (Phi) is 5.87. The van der Waals surface area contributed by atoms with E-state index in [0.717, 1.165) is 0 Å². The van der Waals surface area contributed by atoms with Gasteiger partial charge in [-0.3, -0.25) is 14.5 Å². The summed E-state index contributed by atoms with van der Waals surface area (Å²) < 4.78 is 29.0. The molecular formula is C24H21FN2O6. The van der Waals surface area contributed by atoms with Gasteiger partial charge in [0.05, 0.1) is 11.4 Å². The minimum atomic E-state index is -1.17. The Balaban J connectivity index is 1.38. The second-order valence-electron chi connectivity index (χ2n) is 7.84. The second kappa shape index (κ2) is 8.78. The molecule has 0 radical (unpaired) electrons. The average molecular weight is 452 g/mol. The highest BCUT2D eigenvalue weighted by Gasteiger charge is 2.43. The highest BCUT2D eigenvalue weighted by molar-refractivity contribution is 6.14. The normalized spacial score (nSPS) is 14.3. The van der Waals surface area contributed by atoms with E-state index in [9.17, 15) is 18.8 Å². The fraction of sp³-hybridized carbons (Fsp3) is 0.208. The van der Waals surface area contributed by atoms with Gasteiger partial charge < -0.3 is 19.2 Å². The molecule has 8 nitrogen and oxygen atoms in total. The van der Waals surface area contributed by atoms with E-state index >= 15 is 0 Å². The van der Waals surface area contributed by atoms with Crippen LogP contribution in [0.3, 0.4) is 0 Å². The van der Waals surface area contributed by atoms with Crippen molar-refractivity contribution >= 4 is 29.2 Å². The first-order valence-corrected chi connectivity index (χ1v) is 10.1. The van der Waals surface area contributed by atoms with Crippen molar-refractivity contribution in [3.05, 3.63) is 78.0 Å². The Morgan fingerprint density at radius 1 is 1.06 bits per heavy atom. The molecule has 170 valence electrons. The smallest absolute Gasteiger partial charge is 0.374 e. The zero-order chi connectivity index (χ0) is 23.6. The molecule has 4 rings (SSSR count). The number of fused-ring (bicyclic) bond motifs is 1. The number of benzene rings is 2. The van der Waals surface area contributed by atoms with Crippen molar-refractivity contribution in [2.24, 2.45) is 0 Å². The number of rotatable bonds is 6. The molecular weight excluding hydrogens is 431 g/mol. The summed E-state index contributed by atoms with van der Waals surface area (Å²) in [5.74, 6) is -1.42. The van der Waals surface area contributed by atoms with Crippen molar-refractivity contribution in [3.8, 4) is 5.75 Å². The van der Waals surface area contributed by atoms with Crippen LogP contribution >= 0.6 is 0 Å². The molecule has 0 atom stereocenters. The molecule has 0 saturated heterocycles.